The van der Waals surface area contributed by atoms with Gasteiger partial charge >= 0.3 is 0 Å². The van der Waals surface area contributed by atoms with Crippen molar-refractivity contribution < 1.29 is 19.3 Å². The number of aromatic nitrogens is 2. The molecule has 0 spiro atoms. The van der Waals surface area contributed by atoms with Crippen LogP contribution in [0.15, 0.2) is 6.20 Å². The maximum absolute atomic E-state index is 10.2. The van der Waals surface area contributed by atoms with Gasteiger partial charge in [-0.2, -0.15) is 4.98 Å². The van der Waals surface area contributed by atoms with E-state index in [4.69, 9.17) is 14.2 Å². The number of aliphatic hydroxyl groups is 1. The Morgan fingerprint density at radius 2 is 2.26 bits per heavy atom. The van der Waals surface area contributed by atoms with Gasteiger partial charge in [-0.25, -0.2) is 4.98 Å². The van der Waals surface area contributed by atoms with Gasteiger partial charge in [0.05, 0.1) is 26.5 Å². The number of aliphatic hydroxyl groups excluding tert-OH is 1. The minimum Gasteiger partial charge on any atom is -0.480 e. The van der Waals surface area contributed by atoms with Crippen LogP contribution in [0.25, 0.3) is 0 Å². The summed E-state index contributed by atoms with van der Waals surface area (Å²) in [5.74, 6) is 0.657. The van der Waals surface area contributed by atoms with Crippen molar-refractivity contribution in [1.82, 2.24) is 9.97 Å². The predicted molar refractivity (Wildman–Crippen MR) is 68.3 cm³/mol. The normalized spacial score (nSPS) is 20.9. The molecule has 6 heteroatoms. The van der Waals surface area contributed by atoms with E-state index in [2.05, 4.69) is 9.97 Å². The first-order chi connectivity index (χ1) is 9.24. The molecule has 0 bridgehead atoms. The fourth-order valence-corrected chi connectivity index (χ4v) is 2.20. The molecule has 1 aromatic heterocycles. The number of rotatable bonds is 5. The average Bonchev–Trinajstić information content (AvgIpc) is 2.47. The van der Waals surface area contributed by atoms with Crippen molar-refractivity contribution in [1.29, 1.82) is 0 Å². The summed E-state index contributed by atoms with van der Waals surface area (Å²) in [5.41, 5.74) is 0.428. The van der Waals surface area contributed by atoms with Gasteiger partial charge in [0.25, 0.3) is 0 Å². The molecule has 1 aromatic rings. The molecule has 106 valence electrons. The van der Waals surface area contributed by atoms with Gasteiger partial charge in [0, 0.05) is 13.0 Å². The van der Waals surface area contributed by atoms with Crippen molar-refractivity contribution in [2.45, 2.75) is 37.9 Å². The van der Waals surface area contributed by atoms with Crippen LogP contribution in [0.4, 0.5) is 0 Å². The Morgan fingerprint density at radius 1 is 1.42 bits per heavy atom. The zero-order chi connectivity index (χ0) is 13.7. The largest absolute Gasteiger partial charge is 0.480 e. The summed E-state index contributed by atoms with van der Waals surface area (Å²) in [6, 6.07) is 0. The second-order valence-electron chi connectivity index (χ2n) is 4.55. The molecule has 0 amide bonds. The van der Waals surface area contributed by atoms with Crippen molar-refractivity contribution in [3.05, 3.63) is 11.9 Å². The van der Waals surface area contributed by atoms with Gasteiger partial charge in [0.1, 0.15) is 11.8 Å². The number of hydrogen-bond acceptors (Lipinski definition) is 6. The van der Waals surface area contributed by atoms with Crippen molar-refractivity contribution in [3.63, 3.8) is 0 Å². The maximum Gasteiger partial charge on any atom is 0.241 e. The van der Waals surface area contributed by atoms with Crippen LogP contribution in [0, 0.1) is 0 Å². The molecule has 2 atom stereocenters. The monoisotopic (exact) mass is 268 g/mol. The third-order valence-electron chi connectivity index (χ3n) is 3.22. The number of methoxy groups -OCH3 is 2. The second-order valence-corrected chi connectivity index (χ2v) is 4.55. The summed E-state index contributed by atoms with van der Waals surface area (Å²) in [6.07, 6.45) is 4.54. The number of hydrogen-bond donors (Lipinski definition) is 1. The van der Waals surface area contributed by atoms with Crippen LogP contribution in [0.3, 0.4) is 0 Å². The van der Waals surface area contributed by atoms with E-state index in [0.717, 1.165) is 25.9 Å². The lowest BCUT2D eigenvalue weighted by molar-refractivity contribution is -0.0168. The van der Waals surface area contributed by atoms with Gasteiger partial charge in [-0.15, -0.1) is 0 Å². The van der Waals surface area contributed by atoms with Crippen molar-refractivity contribution in [2.75, 3.05) is 20.8 Å². The smallest absolute Gasteiger partial charge is 0.241 e. The van der Waals surface area contributed by atoms with E-state index >= 15 is 0 Å². The van der Waals surface area contributed by atoms with Crippen molar-refractivity contribution >= 4 is 0 Å². The molecular formula is C13H20N2O4. The highest BCUT2D eigenvalue weighted by molar-refractivity contribution is 5.24. The quantitative estimate of drug-likeness (QED) is 0.872. The van der Waals surface area contributed by atoms with E-state index in [-0.39, 0.29) is 6.10 Å². The molecule has 0 radical (unpaired) electrons. The van der Waals surface area contributed by atoms with Crippen LogP contribution in [-0.2, 0) is 4.74 Å². The van der Waals surface area contributed by atoms with Gasteiger partial charge in [-0.3, -0.25) is 0 Å². The molecule has 0 aromatic carbocycles. The lowest BCUT2D eigenvalue weighted by atomic mass is 10.0. The van der Waals surface area contributed by atoms with E-state index < -0.39 is 6.10 Å². The lowest BCUT2D eigenvalue weighted by Gasteiger charge is -2.24. The van der Waals surface area contributed by atoms with Crippen LogP contribution >= 0.6 is 0 Å². The molecule has 1 N–H and O–H groups in total. The van der Waals surface area contributed by atoms with E-state index in [0.29, 0.717) is 23.9 Å². The van der Waals surface area contributed by atoms with Crippen LogP contribution in [0.2, 0.25) is 0 Å². The molecule has 6 nitrogen and oxygen atoms in total. The Hall–Kier alpha value is -1.40. The molecule has 0 aliphatic carbocycles. The van der Waals surface area contributed by atoms with E-state index in [9.17, 15) is 5.11 Å². The van der Waals surface area contributed by atoms with Gasteiger partial charge in [0.15, 0.2) is 0 Å². The SMILES string of the molecule is COc1cnc(C(O)CC2CCCCO2)c(OC)n1. The molecule has 19 heavy (non-hydrogen) atoms. The Labute approximate surface area is 112 Å². The number of ether oxygens (including phenoxy) is 3. The van der Waals surface area contributed by atoms with Gasteiger partial charge in [-0.1, -0.05) is 0 Å². The standard InChI is InChI=1S/C13H20N2O4/c1-17-11-8-14-12(13(15-11)18-2)10(16)7-9-5-3-4-6-19-9/h8-10,16H,3-7H2,1-2H3. The first kappa shape index (κ1) is 14.0. The maximum atomic E-state index is 10.2. The first-order valence-electron chi connectivity index (χ1n) is 6.49. The molecule has 1 saturated heterocycles. The van der Waals surface area contributed by atoms with Gasteiger partial charge in [0.2, 0.25) is 11.8 Å². The Morgan fingerprint density at radius 3 is 2.89 bits per heavy atom. The van der Waals surface area contributed by atoms with Crippen LogP contribution in [-0.4, -0.2) is 42.0 Å². The average molecular weight is 268 g/mol. The third-order valence-corrected chi connectivity index (χ3v) is 3.22. The molecule has 2 heterocycles. The summed E-state index contributed by atoms with van der Waals surface area (Å²) >= 11 is 0. The highest BCUT2D eigenvalue weighted by Gasteiger charge is 2.23. The first-order valence-corrected chi connectivity index (χ1v) is 6.49. The van der Waals surface area contributed by atoms with Crippen LogP contribution in [0.5, 0.6) is 11.8 Å². The lowest BCUT2D eigenvalue weighted by Crippen LogP contribution is -2.22. The second kappa shape index (κ2) is 6.68. The Bertz CT molecular complexity index is 408. The van der Waals surface area contributed by atoms with E-state index in [1.807, 2.05) is 0 Å². The number of nitrogens with zero attached hydrogens (tertiary/aromatic N) is 2. The molecule has 2 unspecified atom stereocenters. The summed E-state index contributed by atoms with van der Waals surface area (Å²) in [6.45, 7) is 0.767. The van der Waals surface area contributed by atoms with E-state index in [1.165, 1.54) is 20.4 Å². The molecule has 0 saturated carbocycles. The van der Waals surface area contributed by atoms with E-state index in [1.54, 1.807) is 0 Å². The molecule has 1 fully saturated rings. The molecule has 1 aliphatic rings. The summed E-state index contributed by atoms with van der Waals surface area (Å²) in [7, 11) is 3.01. The summed E-state index contributed by atoms with van der Waals surface area (Å²) in [4.78, 5) is 8.28. The highest BCUT2D eigenvalue weighted by Crippen LogP contribution is 2.29. The van der Waals surface area contributed by atoms with Crippen molar-refractivity contribution in [3.8, 4) is 11.8 Å². The molecular weight excluding hydrogens is 248 g/mol. The summed E-state index contributed by atoms with van der Waals surface area (Å²) < 4.78 is 15.7. The highest BCUT2D eigenvalue weighted by atomic mass is 16.5. The fourth-order valence-electron chi connectivity index (χ4n) is 2.20. The van der Waals surface area contributed by atoms with Gasteiger partial charge in [-0.05, 0) is 19.3 Å². The van der Waals surface area contributed by atoms with Crippen LogP contribution in [0.1, 0.15) is 37.5 Å². The summed E-state index contributed by atoms with van der Waals surface area (Å²) in [5, 5.41) is 10.2. The Kier molecular flexibility index (Phi) is 4.93. The minimum absolute atomic E-state index is 0.0809. The van der Waals surface area contributed by atoms with Crippen LogP contribution < -0.4 is 9.47 Å². The minimum atomic E-state index is -0.739. The predicted octanol–water partition coefficient (Wildman–Crippen LogP) is 1.49. The fraction of sp³-hybridized carbons (Fsp3) is 0.692. The van der Waals surface area contributed by atoms with Crippen molar-refractivity contribution in [2.24, 2.45) is 0 Å². The zero-order valence-corrected chi connectivity index (χ0v) is 11.3. The third kappa shape index (κ3) is 3.54. The van der Waals surface area contributed by atoms with Gasteiger partial charge < -0.3 is 19.3 Å². The topological polar surface area (TPSA) is 73.7 Å². The molecule has 2 rings (SSSR count). The molecule has 1 aliphatic heterocycles. The zero-order valence-electron chi connectivity index (χ0n) is 11.3. The Balaban J connectivity index is 2.06.